The molecule has 0 spiro atoms. The average molecular weight is 240 g/mol. The van der Waals surface area contributed by atoms with Crippen molar-refractivity contribution in [3.63, 3.8) is 0 Å². The SMILES string of the molecule is CCNCC(C)C(=O)Cc1ccccc1Cl. The molecule has 0 aromatic heterocycles. The molecule has 0 aliphatic heterocycles. The Hall–Kier alpha value is -0.860. The molecule has 1 unspecified atom stereocenters. The number of nitrogens with one attached hydrogen (secondary N) is 1. The van der Waals surface area contributed by atoms with E-state index >= 15 is 0 Å². The number of ketones is 1. The first kappa shape index (κ1) is 13.2. The minimum Gasteiger partial charge on any atom is -0.316 e. The molecule has 88 valence electrons. The second-order valence-electron chi connectivity index (χ2n) is 3.94. The van der Waals surface area contributed by atoms with Crippen molar-refractivity contribution in [3.8, 4) is 0 Å². The molecule has 0 amide bonds. The van der Waals surface area contributed by atoms with Crippen molar-refractivity contribution in [2.75, 3.05) is 13.1 Å². The van der Waals surface area contributed by atoms with Gasteiger partial charge in [0.1, 0.15) is 5.78 Å². The zero-order valence-corrected chi connectivity index (χ0v) is 10.6. The standard InChI is InChI=1S/C13H18ClNO/c1-3-15-9-10(2)13(16)8-11-6-4-5-7-12(11)14/h4-7,10,15H,3,8-9H2,1-2H3. The van der Waals surface area contributed by atoms with Crippen LogP contribution in [0.15, 0.2) is 24.3 Å². The predicted octanol–water partition coefficient (Wildman–Crippen LogP) is 2.70. The first-order valence-electron chi connectivity index (χ1n) is 5.62. The molecule has 0 bridgehead atoms. The van der Waals surface area contributed by atoms with Crippen molar-refractivity contribution in [1.29, 1.82) is 0 Å². The average Bonchev–Trinajstić information content (AvgIpc) is 2.28. The van der Waals surface area contributed by atoms with Crippen LogP contribution in [0, 0.1) is 5.92 Å². The fraction of sp³-hybridized carbons (Fsp3) is 0.462. The lowest BCUT2D eigenvalue weighted by Crippen LogP contribution is -2.27. The molecule has 16 heavy (non-hydrogen) atoms. The molecular formula is C13H18ClNO. The Morgan fingerprint density at radius 1 is 1.44 bits per heavy atom. The summed E-state index contributed by atoms with van der Waals surface area (Å²) in [6, 6.07) is 7.50. The highest BCUT2D eigenvalue weighted by Crippen LogP contribution is 2.16. The van der Waals surface area contributed by atoms with Crippen LogP contribution in [-0.4, -0.2) is 18.9 Å². The summed E-state index contributed by atoms with van der Waals surface area (Å²) in [5.74, 6) is 0.269. The topological polar surface area (TPSA) is 29.1 Å². The first-order chi connectivity index (χ1) is 7.65. The van der Waals surface area contributed by atoms with Crippen molar-refractivity contribution in [1.82, 2.24) is 5.32 Å². The largest absolute Gasteiger partial charge is 0.316 e. The van der Waals surface area contributed by atoms with Crippen LogP contribution >= 0.6 is 11.6 Å². The van der Waals surface area contributed by atoms with Crippen molar-refractivity contribution >= 4 is 17.4 Å². The lowest BCUT2D eigenvalue weighted by molar-refractivity contribution is -0.121. The fourth-order valence-corrected chi connectivity index (χ4v) is 1.68. The van der Waals surface area contributed by atoms with Gasteiger partial charge in [0.05, 0.1) is 0 Å². The summed E-state index contributed by atoms with van der Waals surface area (Å²) in [5.41, 5.74) is 0.914. The van der Waals surface area contributed by atoms with Crippen LogP contribution in [0.2, 0.25) is 5.02 Å². The summed E-state index contributed by atoms with van der Waals surface area (Å²) in [6.07, 6.45) is 0.423. The number of benzene rings is 1. The highest BCUT2D eigenvalue weighted by atomic mass is 35.5. The number of carbonyl (C=O) groups is 1. The van der Waals surface area contributed by atoms with E-state index in [1.54, 1.807) is 0 Å². The van der Waals surface area contributed by atoms with E-state index in [1.165, 1.54) is 0 Å². The molecule has 1 aromatic rings. The molecule has 1 rings (SSSR count). The number of carbonyl (C=O) groups excluding carboxylic acids is 1. The number of halogens is 1. The van der Waals surface area contributed by atoms with Crippen LogP contribution in [0.3, 0.4) is 0 Å². The quantitative estimate of drug-likeness (QED) is 0.827. The van der Waals surface area contributed by atoms with Gasteiger partial charge in [-0.2, -0.15) is 0 Å². The lowest BCUT2D eigenvalue weighted by atomic mass is 9.99. The van der Waals surface area contributed by atoms with Gasteiger partial charge < -0.3 is 5.32 Å². The summed E-state index contributed by atoms with van der Waals surface area (Å²) in [5, 5.41) is 3.85. The smallest absolute Gasteiger partial charge is 0.141 e. The molecular weight excluding hydrogens is 222 g/mol. The van der Waals surface area contributed by atoms with Gasteiger partial charge in [-0.25, -0.2) is 0 Å². The summed E-state index contributed by atoms with van der Waals surface area (Å²) in [4.78, 5) is 11.9. The van der Waals surface area contributed by atoms with E-state index < -0.39 is 0 Å². The van der Waals surface area contributed by atoms with E-state index in [1.807, 2.05) is 38.1 Å². The summed E-state index contributed by atoms with van der Waals surface area (Å²) in [7, 11) is 0. The minimum absolute atomic E-state index is 0.0382. The molecule has 0 fully saturated rings. The Balaban J connectivity index is 2.54. The van der Waals surface area contributed by atoms with E-state index in [0.29, 0.717) is 11.4 Å². The molecule has 2 nitrogen and oxygen atoms in total. The van der Waals surface area contributed by atoms with Crippen LogP contribution in [0.25, 0.3) is 0 Å². The maximum absolute atomic E-state index is 11.9. The second-order valence-corrected chi connectivity index (χ2v) is 4.35. The molecule has 3 heteroatoms. The van der Waals surface area contributed by atoms with Gasteiger partial charge in [0, 0.05) is 23.9 Å². The van der Waals surface area contributed by atoms with E-state index in [-0.39, 0.29) is 11.7 Å². The Bertz CT molecular complexity index is 352. The molecule has 0 saturated carbocycles. The third-order valence-corrected chi connectivity index (χ3v) is 2.94. The normalized spacial score (nSPS) is 12.4. The third kappa shape index (κ3) is 3.95. The molecule has 0 aliphatic carbocycles. The monoisotopic (exact) mass is 239 g/mol. The van der Waals surface area contributed by atoms with Crippen LogP contribution in [0.5, 0.6) is 0 Å². The molecule has 1 atom stereocenters. The van der Waals surface area contributed by atoms with Crippen molar-refractivity contribution in [2.24, 2.45) is 5.92 Å². The Morgan fingerprint density at radius 2 is 2.12 bits per heavy atom. The predicted molar refractivity (Wildman–Crippen MR) is 67.9 cm³/mol. The zero-order valence-electron chi connectivity index (χ0n) is 9.79. The third-order valence-electron chi connectivity index (χ3n) is 2.57. The highest BCUT2D eigenvalue weighted by Gasteiger charge is 2.13. The summed E-state index contributed by atoms with van der Waals surface area (Å²) in [6.45, 7) is 5.61. The van der Waals surface area contributed by atoms with Gasteiger partial charge in [0.15, 0.2) is 0 Å². The molecule has 1 aromatic carbocycles. The van der Waals surface area contributed by atoms with Gasteiger partial charge in [-0.3, -0.25) is 4.79 Å². The number of hydrogen-bond acceptors (Lipinski definition) is 2. The molecule has 0 heterocycles. The number of Topliss-reactive ketones (excluding diaryl/α,β-unsaturated/α-hetero) is 1. The van der Waals surface area contributed by atoms with Crippen molar-refractivity contribution in [2.45, 2.75) is 20.3 Å². The van der Waals surface area contributed by atoms with E-state index in [9.17, 15) is 4.79 Å². The van der Waals surface area contributed by atoms with E-state index in [0.717, 1.165) is 18.7 Å². The Kier molecular flexibility index (Phi) is 5.50. The molecule has 0 radical (unpaired) electrons. The zero-order chi connectivity index (χ0) is 12.0. The maximum Gasteiger partial charge on any atom is 0.141 e. The van der Waals surface area contributed by atoms with Crippen LogP contribution in [-0.2, 0) is 11.2 Å². The summed E-state index contributed by atoms with van der Waals surface area (Å²) < 4.78 is 0. The van der Waals surface area contributed by atoms with Crippen LogP contribution < -0.4 is 5.32 Å². The second kappa shape index (κ2) is 6.66. The van der Waals surface area contributed by atoms with E-state index in [4.69, 9.17) is 11.6 Å². The fourth-order valence-electron chi connectivity index (χ4n) is 1.48. The van der Waals surface area contributed by atoms with E-state index in [2.05, 4.69) is 5.32 Å². The van der Waals surface area contributed by atoms with Gasteiger partial charge in [-0.15, -0.1) is 0 Å². The van der Waals surface area contributed by atoms with Crippen molar-refractivity contribution in [3.05, 3.63) is 34.9 Å². The van der Waals surface area contributed by atoms with Gasteiger partial charge in [-0.1, -0.05) is 43.6 Å². The highest BCUT2D eigenvalue weighted by molar-refractivity contribution is 6.31. The van der Waals surface area contributed by atoms with Crippen LogP contribution in [0.4, 0.5) is 0 Å². The molecule has 0 aliphatic rings. The Morgan fingerprint density at radius 3 is 2.75 bits per heavy atom. The van der Waals surface area contributed by atoms with Gasteiger partial charge in [-0.05, 0) is 18.2 Å². The maximum atomic E-state index is 11.9. The molecule has 0 saturated heterocycles. The summed E-state index contributed by atoms with van der Waals surface area (Å²) >= 11 is 6.01. The van der Waals surface area contributed by atoms with Gasteiger partial charge in [0.25, 0.3) is 0 Å². The Labute approximate surface area is 102 Å². The minimum atomic E-state index is 0.0382. The first-order valence-corrected chi connectivity index (χ1v) is 5.99. The van der Waals surface area contributed by atoms with Gasteiger partial charge >= 0.3 is 0 Å². The number of hydrogen-bond donors (Lipinski definition) is 1. The van der Waals surface area contributed by atoms with Gasteiger partial charge in [0.2, 0.25) is 0 Å². The lowest BCUT2D eigenvalue weighted by Gasteiger charge is -2.11. The molecule has 1 N–H and O–H groups in total. The number of rotatable bonds is 6. The van der Waals surface area contributed by atoms with Crippen LogP contribution in [0.1, 0.15) is 19.4 Å². The van der Waals surface area contributed by atoms with Crippen molar-refractivity contribution < 1.29 is 4.79 Å².